The van der Waals surface area contributed by atoms with E-state index in [1.165, 1.54) is 15.3 Å². The van der Waals surface area contributed by atoms with Crippen LogP contribution in [0.1, 0.15) is 32.6 Å². The summed E-state index contributed by atoms with van der Waals surface area (Å²) in [6, 6.07) is 10.6. The van der Waals surface area contributed by atoms with Crippen LogP contribution in [-0.2, 0) is 6.42 Å². The molecule has 0 saturated heterocycles. The van der Waals surface area contributed by atoms with E-state index in [1.54, 1.807) is 0 Å². The molecule has 0 radical (unpaired) electrons. The van der Waals surface area contributed by atoms with E-state index in [9.17, 15) is 0 Å². The molecule has 1 unspecified atom stereocenters. The summed E-state index contributed by atoms with van der Waals surface area (Å²) >= 11 is 11.8. The molecule has 3 heteroatoms. The van der Waals surface area contributed by atoms with E-state index >= 15 is 0 Å². The fourth-order valence-electron chi connectivity index (χ4n) is 1.65. The van der Waals surface area contributed by atoms with Gasteiger partial charge in [-0.2, -0.15) is 0 Å². The highest BCUT2D eigenvalue weighted by molar-refractivity contribution is 9.09. The van der Waals surface area contributed by atoms with E-state index in [-0.39, 0.29) is 4.83 Å². The number of benzene rings is 1. The third-order valence-corrected chi connectivity index (χ3v) is 5.80. The second kappa shape index (κ2) is 5.55. The van der Waals surface area contributed by atoms with Crippen molar-refractivity contribution in [3.8, 4) is 0 Å². The van der Waals surface area contributed by atoms with Gasteiger partial charge in [-0.25, -0.2) is 0 Å². The van der Waals surface area contributed by atoms with Crippen molar-refractivity contribution in [2.75, 3.05) is 0 Å². The van der Waals surface area contributed by atoms with Gasteiger partial charge in [0.15, 0.2) is 0 Å². The van der Waals surface area contributed by atoms with Crippen molar-refractivity contribution in [1.82, 2.24) is 0 Å². The number of hydrogen-bond donors (Lipinski definition) is 0. The number of hydrogen-bond acceptors (Lipinski definition) is 1. The van der Waals surface area contributed by atoms with Gasteiger partial charge in [0.2, 0.25) is 0 Å². The molecule has 17 heavy (non-hydrogen) atoms. The van der Waals surface area contributed by atoms with Crippen molar-refractivity contribution >= 4 is 38.9 Å². The molecule has 1 atom stereocenters. The Morgan fingerprint density at radius 3 is 2.65 bits per heavy atom. The Kier molecular flexibility index (Phi) is 4.29. The maximum atomic E-state index is 6.16. The van der Waals surface area contributed by atoms with Crippen molar-refractivity contribution in [3.63, 3.8) is 0 Å². The van der Waals surface area contributed by atoms with E-state index in [1.807, 2.05) is 24.3 Å². The summed E-state index contributed by atoms with van der Waals surface area (Å²) in [7, 11) is 0. The maximum Gasteiger partial charge on any atom is 0.0738 e. The lowest BCUT2D eigenvalue weighted by atomic mass is 10.1. The van der Waals surface area contributed by atoms with Gasteiger partial charge in [0.25, 0.3) is 0 Å². The minimum Gasteiger partial charge on any atom is -0.144 e. The Morgan fingerprint density at radius 1 is 1.29 bits per heavy atom. The molecule has 0 aliphatic rings. The standard InChI is InChI=1S/C14H14BrClS/c1-3-11-6-7-13(17-11)14(15)10-5-4-9(2)12(16)8-10/h4-8,14H,3H2,1-2H3. The van der Waals surface area contributed by atoms with Gasteiger partial charge in [0, 0.05) is 14.8 Å². The number of halogens is 2. The van der Waals surface area contributed by atoms with Gasteiger partial charge >= 0.3 is 0 Å². The molecule has 90 valence electrons. The van der Waals surface area contributed by atoms with Gasteiger partial charge in [-0.05, 0) is 42.7 Å². The lowest BCUT2D eigenvalue weighted by Crippen LogP contribution is -1.90. The highest BCUT2D eigenvalue weighted by Gasteiger charge is 2.13. The smallest absolute Gasteiger partial charge is 0.0738 e. The number of thiophene rings is 1. The average Bonchev–Trinajstić information content (AvgIpc) is 2.80. The zero-order chi connectivity index (χ0) is 12.4. The predicted molar refractivity (Wildman–Crippen MR) is 80.7 cm³/mol. The lowest BCUT2D eigenvalue weighted by Gasteiger charge is -2.09. The average molecular weight is 330 g/mol. The Hall–Kier alpha value is -0.310. The summed E-state index contributed by atoms with van der Waals surface area (Å²) in [4.78, 5) is 3.00. The van der Waals surface area contributed by atoms with E-state index in [0.717, 1.165) is 17.0 Å². The molecule has 1 heterocycles. The molecule has 0 nitrogen and oxygen atoms in total. The molecule has 0 N–H and O–H groups in total. The quantitative estimate of drug-likeness (QED) is 0.628. The van der Waals surface area contributed by atoms with Gasteiger partial charge in [-0.15, -0.1) is 11.3 Å². The Bertz CT molecular complexity index is 519. The van der Waals surface area contributed by atoms with E-state index in [0.29, 0.717) is 0 Å². The van der Waals surface area contributed by atoms with Gasteiger partial charge in [0.05, 0.1) is 4.83 Å². The van der Waals surface area contributed by atoms with Crippen LogP contribution < -0.4 is 0 Å². The first kappa shape index (κ1) is 13.1. The molecule has 2 aromatic rings. The molecule has 0 spiro atoms. The van der Waals surface area contributed by atoms with Crippen molar-refractivity contribution < 1.29 is 0 Å². The third-order valence-electron chi connectivity index (χ3n) is 2.77. The molecule has 0 amide bonds. The normalized spacial score (nSPS) is 12.7. The Morgan fingerprint density at radius 2 is 2.06 bits per heavy atom. The SMILES string of the molecule is CCc1ccc(C(Br)c2ccc(C)c(Cl)c2)s1. The predicted octanol–water partition coefficient (Wildman–Crippen LogP) is 5.76. The maximum absolute atomic E-state index is 6.16. The lowest BCUT2D eigenvalue weighted by molar-refractivity contribution is 1.19. The first-order chi connectivity index (χ1) is 8.11. The fourth-order valence-corrected chi connectivity index (χ4v) is 3.52. The summed E-state index contributed by atoms with van der Waals surface area (Å²) in [5.41, 5.74) is 2.33. The zero-order valence-corrected chi connectivity index (χ0v) is 13.0. The summed E-state index contributed by atoms with van der Waals surface area (Å²) in [5, 5.41) is 0.833. The van der Waals surface area contributed by atoms with Crippen molar-refractivity contribution in [2.24, 2.45) is 0 Å². The molecular formula is C14H14BrClS. The number of rotatable bonds is 3. The van der Waals surface area contributed by atoms with E-state index in [4.69, 9.17) is 11.6 Å². The molecule has 0 bridgehead atoms. The second-order valence-electron chi connectivity index (χ2n) is 4.03. The molecule has 0 fully saturated rings. The largest absolute Gasteiger partial charge is 0.144 e. The van der Waals surface area contributed by atoms with Gasteiger partial charge in [0.1, 0.15) is 0 Å². The first-order valence-corrected chi connectivity index (χ1v) is 7.71. The van der Waals surface area contributed by atoms with E-state index in [2.05, 4.69) is 47.1 Å². The van der Waals surface area contributed by atoms with Gasteiger partial charge in [-0.1, -0.05) is 46.6 Å². The first-order valence-electron chi connectivity index (χ1n) is 5.60. The molecule has 1 aromatic carbocycles. The number of alkyl halides is 1. The van der Waals surface area contributed by atoms with Crippen LogP contribution in [0, 0.1) is 6.92 Å². The number of aryl methyl sites for hydroxylation is 2. The van der Waals surface area contributed by atoms with Crippen LogP contribution >= 0.6 is 38.9 Å². The van der Waals surface area contributed by atoms with Crippen LogP contribution in [0.5, 0.6) is 0 Å². The van der Waals surface area contributed by atoms with Crippen LogP contribution in [0.3, 0.4) is 0 Å². The summed E-state index contributed by atoms with van der Waals surface area (Å²) in [5.74, 6) is 0. The van der Waals surface area contributed by atoms with Crippen LogP contribution in [0.4, 0.5) is 0 Å². The topological polar surface area (TPSA) is 0 Å². The molecule has 0 saturated carbocycles. The second-order valence-corrected chi connectivity index (χ2v) is 6.55. The highest BCUT2D eigenvalue weighted by atomic mass is 79.9. The third kappa shape index (κ3) is 2.93. The summed E-state index contributed by atoms with van der Waals surface area (Å²) in [6.07, 6.45) is 1.10. The summed E-state index contributed by atoms with van der Waals surface area (Å²) in [6.45, 7) is 4.21. The molecule has 0 aliphatic carbocycles. The van der Waals surface area contributed by atoms with E-state index < -0.39 is 0 Å². The van der Waals surface area contributed by atoms with Crippen LogP contribution in [0.2, 0.25) is 5.02 Å². The minimum absolute atomic E-state index is 0.242. The van der Waals surface area contributed by atoms with Gasteiger partial charge in [-0.3, -0.25) is 0 Å². The monoisotopic (exact) mass is 328 g/mol. The van der Waals surface area contributed by atoms with Crippen molar-refractivity contribution in [1.29, 1.82) is 0 Å². The molecule has 1 aromatic heterocycles. The fraction of sp³-hybridized carbons (Fsp3) is 0.286. The minimum atomic E-state index is 0.242. The Labute approximate surface area is 120 Å². The van der Waals surface area contributed by atoms with Gasteiger partial charge < -0.3 is 0 Å². The van der Waals surface area contributed by atoms with Crippen LogP contribution in [-0.4, -0.2) is 0 Å². The summed E-state index contributed by atoms with van der Waals surface area (Å²) < 4.78 is 0. The molecule has 0 aliphatic heterocycles. The molecule has 2 rings (SSSR count). The van der Waals surface area contributed by atoms with Crippen LogP contribution in [0.15, 0.2) is 30.3 Å². The van der Waals surface area contributed by atoms with Crippen molar-refractivity contribution in [3.05, 3.63) is 56.2 Å². The molecular weight excluding hydrogens is 316 g/mol. The Balaban J connectivity index is 2.29. The van der Waals surface area contributed by atoms with Crippen LogP contribution in [0.25, 0.3) is 0 Å². The zero-order valence-electron chi connectivity index (χ0n) is 9.84. The highest BCUT2D eigenvalue weighted by Crippen LogP contribution is 2.36. The van der Waals surface area contributed by atoms with Crippen molar-refractivity contribution in [2.45, 2.75) is 25.1 Å².